The van der Waals surface area contributed by atoms with Gasteiger partial charge in [0.15, 0.2) is 0 Å². The van der Waals surface area contributed by atoms with Crippen molar-refractivity contribution in [1.29, 1.82) is 0 Å². The van der Waals surface area contributed by atoms with Crippen LogP contribution in [-0.4, -0.2) is 72.2 Å². The zero-order chi connectivity index (χ0) is 21.5. The number of amides is 1. The minimum atomic E-state index is -0.439. The van der Waals surface area contributed by atoms with Crippen molar-refractivity contribution >= 4 is 17.5 Å². The summed E-state index contributed by atoms with van der Waals surface area (Å²) in [4.78, 5) is 29.3. The Balaban J connectivity index is 1.16. The van der Waals surface area contributed by atoms with Crippen molar-refractivity contribution in [3.05, 3.63) is 34.4 Å². The van der Waals surface area contributed by atoms with Crippen molar-refractivity contribution in [2.24, 2.45) is 11.3 Å². The lowest BCUT2D eigenvalue weighted by atomic mass is 9.72. The zero-order valence-electron chi connectivity index (χ0n) is 18.2. The van der Waals surface area contributed by atoms with E-state index >= 15 is 0 Å². The van der Waals surface area contributed by atoms with E-state index in [0.717, 1.165) is 64.3 Å². The molecule has 0 saturated carbocycles. The van der Waals surface area contributed by atoms with Gasteiger partial charge in [-0.1, -0.05) is 0 Å². The number of nitro groups is 1. The van der Waals surface area contributed by atoms with Crippen molar-refractivity contribution in [3.63, 3.8) is 0 Å². The number of carbonyl (C=O) groups excluding carboxylic acids is 1. The van der Waals surface area contributed by atoms with Gasteiger partial charge >= 0.3 is 6.09 Å². The first-order valence-electron chi connectivity index (χ1n) is 10.8. The Bertz CT molecular complexity index is 782. The zero-order valence-corrected chi connectivity index (χ0v) is 18.2. The lowest BCUT2D eigenvalue weighted by Crippen LogP contribution is -2.72. The molecule has 3 fully saturated rings. The Labute approximate surface area is 177 Å². The Hall–Kier alpha value is -2.35. The highest BCUT2D eigenvalue weighted by Gasteiger charge is 2.51. The number of carbonyl (C=O) groups is 1. The molecule has 1 aromatic rings. The molecule has 0 N–H and O–H groups in total. The number of benzene rings is 1. The summed E-state index contributed by atoms with van der Waals surface area (Å²) in [5.74, 6) is 0.645. The van der Waals surface area contributed by atoms with Crippen LogP contribution in [0.5, 0.6) is 0 Å². The molecule has 0 unspecified atom stereocenters. The largest absolute Gasteiger partial charge is 0.444 e. The van der Waals surface area contributed by atoms with Gasteiger partial charge in [-0.25, -0.2) is 4.79 Å². The molecule has 8 nitrogen and oxygen atoms in total. The van der Waals surface area contributed by atoms with Crippen molar-refractivity contribution < 1.29 is 14.5 Å². The predicted molar refractivity (Wildman–Crippen MR) is 115 cm³/mol. The summed E-state index contributed by atoms with van der Waals surface area (Å²) in [6.07, 6.45) is 1.89. The monoisotopic (exact) mass is 416 g/mol. The second kappa shape index (κ2) is 7.72. The number of likely N-dealkylation sites (tertiary alicyclic amines) is 2. The second-order valence-corrected chi connectivity index (χ2v) is 10.2. The fourth-order valence-corrected chi connectivity index (χ4v) is 4.95. The molecule has 4 rings (SSSR count). The normalized spacial score (nSPS) is 21.8. The van der Waals surface area contributed by atoms with E-state index in [1.807, 2.05) is 37.8 Å². The van der Waals surface area contributed by atoms with E-state index in [4.69, 9.17) is 4.74 Å². The van der Waals surface area contributed by atoms with Crippen molar-refractivity contribution in [3.8, 4) is 0 Å². The first-order chi connectivity index (χ1) is 14.1. The fraction of sp³-hybridized carbons (Fsp3) is 0.682. The van der Waals surface area contributed by atoms with E-state index in [1.54, 1.807) is 12.1 Å². The molecular formula is C22H32N4O4. The summed E-state index contributed by atoms with van der Waals surface area (Å²) < 4.78 is 5.48. The van der Waals surface area contributed by atoms with E-state index in [-0.39, 0.29) is 16.7 Å². The maximum atomic E-state index is 12.2. The Morgan fingerprint density at radius 2 is 1.73 bits per heavy atom. The number of ether oxygens (including phenoxy) is 1. The molecule has 0 radical (unpaired) electrons. The van der Waals surface area contributed by atoms with Crippen LogP contribution >= 0.6 is 0 Å². The third-order valence-electron chi connectivity index (χ3n) is 6.38. The van der Waals surface area contributed by atoms with Gasteiger partial charge in [0.25, 0.3) is 5.69 Å². The molecule has 0 aromatic heterocycles. The maximum absolute atomic E-state index is 12.2. The molecule has 3 aliphatic heterocycles. The second-order valence-electron chi connectivity index (χ2n) is 10.2. The number of non-ortho nitro benzene ring substituents is 1. The number of hydrogen-bond acceptors (Lipinski definition) is 6. The highest BCUT2D eigenvalue weighted by Crippen LogP contribution is 2.42. The van der Waals surface area contributed by atoms with E-state index in [2.05, 4.69) is 9.80 Å². The fourth-order valence-electron chi connectivity index (χ4n) is 4.95. The molecule has 3 aliphatic rings. The first-order valence-corrected chi connectivity index (χ1v) is 10.8. The Morgan fingerprint density at radius 3 is 2.27 bits per heavy atom. The number of nitrogens with zero attached hydrogens (tertiary/aromatic N) is 4. The lowest BCUT2D eigenvalue weighted by molar-refractivity contribution is -0.384. The summed E-state index contributed by atoms with van der Waals surface area (Å²) in [6.45, 7) is 12.7. The molecule has 164 valence electrons. The molecule has 3 heterocycles. The number of piperidine rings is 1. The molecule has 8 heteroatoms. The third kappa shape index (κ3) is 4.53. The molecule has 30 heavy (non-hydrogen) atoms. The minimum absolute atomic E-state index is 0.140. The molecule has 0 aliphatic carbocycles. The van der Waals surface area contributed by atoms with Gasteiger partial charge in [-0.3, -0.25) is 10.1 Å². The van der Waals surface area contributed by atoms with Crippen molar-refractivity contribution in [1.82, 2.24) is 9.80 Å². The van der Waals surface area contributed by atoms with Gasteiger partial charge in [-0.2, -0.15) is 0 Å². The standard InChI is InChI=1S/C22H32N4O4/c1-21(2,3)30-20(27)24-10-8-17(9-11-24)12-23-13-22(14-23)15-25(16-22)18-4-6-19(7-5-18)26(28)29/h4-7,17H,8-16H2,1-3H3. The smallest absolute Gasteiger partial charge is 0.410 e. The molecule has 1 amide bonds. The van der Waals surface area contributed by atoms with Gasteiger partial charge in [0, 0.05) is 69.0 Å². The average molecular weight is 417 g/mol. The summed E-state index contributed by atoms with van der Waals surface area (Å²) in [5.41, 5.74) is 1.16. The number of rotatable bonds is 4. The maximum Gasteiger partial charge on any atom is 0.410 e. The molecule has 3 saturated heterocycles. The van der Waals surface area contributed by atoms with Gasteiger partial charge in [-0.05, 0) is 51.7 Å². The number of nitro benzene ring substituents is 1. The highest BCUT2D eigenvalue weighted by atomic mass is 16.6. The van der Waals surface area contributed by atoms with Gasteiger partial charge in [0.1, 0.15) is 5.60 Å². The van der Waals surface area contributed by atoms with Gasteiger partial charge in [-0.15, -0.1) is 0 Å². The van der Waals surface area contributed by atoms with Crippen LogP contribution < -0.4 is 4.90 Å². The van der Waals surface area contributed by atoms with Crippen LogP contribution in [0.1, 0.15) is 33.6 Å². The topological polar surface area (TPSA) is 79.2 Å². The SMILES string of the molecule is CC(C)(C)OC(=O)N1CCC(CN2CC3(C2)CN(c2ccc([N+](=O)[O-])cc2)C3)CC1. The Kier molecular flexibility index (Phi) is 5.38. The summed E-state index contributed by atoms with van der Waals surface area (Å²) in [5, 5.41) is 10.8. The summed E-state index contributed by atoms with van der Waals surface area (Å²) in [6, 6.07) is 6.85. The van der Waals surface area contributed by atoms with Gasteiger partial charge in [0.2, 0.25) is 0 Å². The first kappa shape index (κ1) is 20.9. The predicted octanol–water partition coefficient (Wildman–Crippen LogP) is 3.36. The summed E-state index contributed by atoms with van der Waals surface area (Å²) in [7, 11) is 0. The number of anilines is 1. The van der Waals surface area contributed by atoms with Crippen LogP contribution in [-0.2, 0) is 4.74 Å². The third-order valence-corrected chi connectivity index (χ3v) is 6.38. The summed E-state index contributed by atoms with van der Waals surface area (Å²) >= 11 is 0. The quantitative estimate of drug-likeness (QED) is 0.553. The molecule has 0 atom stereocenters. The minimum Gasteiger partial charge on any atom is -0.444 e. The van der Waals surface area contributed by atoms with Crippen LogP contribution in [0.4, 0.5) is 16.2 Å². The molecule has 1 aromatic carbocycles. The highest BCUT2D eigenvalue weighted by molar-refractivity contribution is 5.68. The molecular weight excluding hydrogens is 384 g/mol. The van der Waals surface area contributed by atoms with Crippen LogP contribution in [0.15, 0.2) is 24.3 Å². The lowest BCUT2D eigenvalue weighted by Gasteiger charge is -2.61. The average Bonchev–Trinajstić information content (AvgIpc) is 2.61. The van der Waals surface area contributed by atoms with E-state index in [1.165, 1.54) is 0 Å². The van der Waals surface area contributed by atoms with Crippen LogP contribution in [0.25, 0.3) is 0 Å². The van der Waals surface area contributed by atoms with E-state index in [9.17, 15) is 14.9 Å². The van der Waals surface area contributed by atoms with Crippen LogP contribution in [0.3, 0.4) is 0 Å². The van der Waals surface area contributed by atoms with Gasteiger partial charge < -0.3 is 19.4 Å². The molecule has 1 spiro atoms. The van der Waals surface area contributed by atoms with E-state index < -0.39 is 5.60 Å². The number of hydrogen-bond donors (Lipinski definition) is 0. The van der Waals surface area contributed by atoms with Crippen molar-refractivity contribution in [2.75, 3.05) is 50.7 Å². The van der Waals surface area contributed by atoms with E-state index in [0.29, 0.717) is 11.3 Å². The van der Waals surface area contributed by atoms with Crippen LogP contribution in [0.2, 0.25) is 0 Å². The van der Waals surface area contributed by atoms with Crippen molar-refractivity contribution in [2.45, 2.75) is 39.2 Å². The van der Waals surface area contributed by atoms with Gasteiger partial charge in [0.05, 0.1) is 4.92 Å². The molecule has 0 bridgehead atoms. The Morgan fingerprint density at radius 1 is 1.13 bits per heavy atom. The van der Waals surface area contributed by atoms with Crippen LogP contribution in [0, 0.1) is 21.4 Å².